The molecule has 27 heavy (non-hydrogen) atoms. The van der Waals surface area contributed by atoms with Gasteiger partial charge in [-0.05, 0) is 29.3 Å². The molecule has 1 N–H and O–H groups in total. The van der Waals surface area contributed by atoms with Crippen LogP contribution in [0.5, 0.6) is 23.0 Å². The molecule has 7 heteroatoms. The number of rotatable bonds is 9. The first-order valence-electron chi connectivity index (χ1n) is 8.14. The van der Waals surface area contributed by atoms with Gasteiger partial charge in [-0.25, -0.2) is 0 Å². The maximum atomic E-state index is 13.0. The summed E-state index contributed by atoms with van der Waals surface area (Å²) in [6.07, 6.45) is -0.260. The minimum atomic E-state index is -1.04. The summed E-state index contributed by atoms with van der Waals surface area (Å²) in [4.78, 5) is 24.2. The van der Waals surface area contributed by atoms with E-state index in [1.807, 2.05) is 0 Å². The van der Waals surface area contributed by atoms with Crippen molar-refractivity contribution in [1.82, 2.24) is 0 Å². The van der Waals surface area contributed by atoms with Crippen molar-refractivity contribution < 1.29 is 33.6 Å². The van der Waals surface area contributed by atoms with Crippen LogP contribution >= 0.6 is 0 Å². The van der Waals surface area contributed by atoms with Gasteiger partial charge in [-0.2, -0.15) is 0 Å². The molecule has 0 aliphatic carbocycles. The molecule has 2 rings (SSSR count). The summed E-state index contributed by atoms with van der Waals surface area (Å²) < 4.78 is 21.1. The molecule has 0 atom stereocenters. The molecule has 0 aromatic heterocycles. The second-order valence-corrected chi connectivity index (χ2v) is 5.69. The van der Waals surface area contributed by atoms with Crippen LogP contribution in [0.4, 0.5) is 0 Å². The Balaban J connectivity index is 2.46. The van der Waals surface area contributed by atoms with Gasteiger partial charge in [-0.1, -0.05) is 12.1 Å². The summed E-state index contributed by atoms with van der Waals surface area (Å²) >= 11 is 0. The minimum absolute atomic E-state index is 0.0382. The minimum Gasteiger partial charge on any atom is -0.493 e. The topological polar surface area (TPSA) is 91.3 Å². The van der Waals surface area contributed by atoms with Gasteiger partial charge in [-0.15, -0.1) is 0 Å². The van der Waals surface area contributed by atoms with Gasteiger partial charge in [0, 0.05) is 6.42 Å². The van der Waals surface area contributed by atoms with Crippen LogP contribution in [0.2, 0.25) is 0 Å². The monoisotopic (exact) mass is 374 g/mol. The molecule has 144 valence electrons. The Bertz CT molecular complexity index is 842. The molecule has 0 saturated heterocycles. The fourth-order valence-corrected chi connectivity index (χ4v) is 2.85. The number of ether oxygens (including phenoxy) is 4. The Morgan fingerprint density at radius 3 is 2.00 bits per heavy atom. The van der Waals surface area contributed by atoms with Crippen LogP contribution in [-0.4, -0.2) is 45.3 Å². The van der Waals surface area contributed by atoms with Gasteiger partial charge in [0.05, 0.1) is 40.4 Å². The third kappa shape index (κ3) is 4.49. The molecule has 0 unspecified atom stereocenters. The van der Waals surface area contributed by atoms with Crippen molar-refractivity contribution in [2.45, 2.75) is 12.8 Å². The van der Waals surface area contributed by atoms with Crippen molar-refractivity contribution in [3.05, 3.63) is 47.0 Å². The van der Waals surface area contributed by atoms with E-state index in [0.29, 0.717) is 28.4 Å². The SMILES string of the molecule is COc1ccc(CC(=O)c2c(CC(=O)O)ccc(OC)c2OC)cc1OC. The third-order valence-electron chi connectivity index (χ3n) is 4.07. The van der Waals surface area contributed by atoms with E-state index >= 15 is 0 Å². The molecule has 2 aromatic rings. The number of carboxylic acids is 1. The zero-order valence-corrected chi connectivity index (χ0v) is 15.7. The number of benzene rings is 2. The van der Waals surface area contributed by atoms with Gasteiger partial charge in [0.1, 0.15) is 0 Å². The van der Waals surface area contributed by atoms with Gasteiger partial charge in [0.15, 0.2) is 28.8 Å². The first-order valence-corrected chi connectivity index (χ1v) is 8.14. The van der Waals surface area contributed by atoms with E-state index in [-0.39, 0.29) is 29.9 Å². The van der Waals surface area contributed by atoms with Gasteiger partial charge < -0.3 is 24.1 Å². The highest BCUT2D eigenvalue weighted by Gasteiger charge is 2.23. The van der Waals surface area contributed by atoms with Crippen molar-refractivity contribution in [3.8, 4) is 23.0 Å². The highest BCUT2D eigenvalue weighted by molar-refractivity contribution is 6.03. The van der Waals surface area contributed by atoms with Crippen molar-refractivity contribution in [1.29, 1.82) is 0 Å². The maximum absolute atomic E-state index is 13.0. The van der Waals surface area contributed by atoms with Gasteiger partial charge in [0.25, 0.3) is 0 Å². The van der Waals surface area contributed by atoms with Crippen LogP contribution in [0.15, 0.2) is 30.3 Å². The molecule has 0 radical (unpaired) electrons. The van der Waals surface area contributed by atoms with Crippen molar-refractivity contribution in [3.63, 3.8) is 0 Å². The molecule has 7 nitrogen and oxygen atoms in total. The summed E-state index contributed by atoms with van der Waals surface area (Å²) in [5, 5.41) is 9.17. The number of hydrogen-bond donors (Lipinski definition) is 1. The van der Waals surface area contributed by atoms with Crippen LogP contribution in [0.25, 0.3) is 0 Å². The molecular weight excluding hydrogens is 352 g/mol. The summed E-state index contributed by atoms with van der Waals surface area (Å²) in [5.41, 5.74) is 1.27. The Morgan fingerprint density at radius 2 is 1.44 bits per heavy atom. The van der Waals surface area contributed by atoms with Crippen LogP contribution in [0.3, 0.4) is 0 Å². The zero-order chi connectivity index (χ0) is 20.0. The van der Waals surface area contributed by atoms with E-state index in [1.54, 1.807) is 30.3 Å². The fourth-order valence-electron chi connectivity index (χ4n) is 2.85. The average Bonchev–Trinajstić information content (AvgIpc) is 2.66. The molecule has 2 aromatic carbocycles. The number of hydrogen-bond acceptors (Lipinski definition) is 6. The summed E-state index contributed by atoms with van der Waals surface area (Å²) in [5.74, 6) is 0.325. The van der Waals surface area contributed by atoms with E-state index in [2.05, 4.69) is 0 Å². The number of aliphatic carboxylic acids is 1. The summed E-state index contributed by atoms with van der Waals surface area (Å²) in [7, 11) is 5.91. The van der Waals surface area contributed by atoms with Gasteiger partial charge >= 0.3 is 5.97 Å². The standard InChI is InChI=1S/C20H22O7/c1-24-15-7-5-12(10-17(15)26-3)9-14(21)19-13(11-18(22)23)6-8-16(25-2)20(19)27-4/h5-8,10H,9,11H2,1-4H3,(H,22,23). The van der Waals surface area contributed by atoms with E-state index in [0.717, 1.165) is 0 Å². The Morgan fingerprint density at radius 1 is 0.815 bits per heavy atom. The molecule has 0 saturated carbocycles. The van der Waals surface area contributed by atoms with Gasteiger partial charge in [0.2, 0.25) is 0 Å². The summed E-state index contributed by atoms with van der Waals surface area (Å²) in [6.45, 7) is 0. The second kappa shape index (κ2) is 8.93. The molecular formula is C20H22O7. The zero-order valence-electron chi connectivity index (χ0n) is 15.7. The number of carbonyl (C=O) groups excluding carboxylic acids is 1. The summed E-state index contributed by atoms with van der Waals surface area (Å²) in [6, 6.07) is 8.33. The molecule has 0 amide bonds. The normalized spacial score (nSPS) is 10.2. The smallest absolute Gasteiger partial charge is 0.307 e. The Kier molecular flexibility index (Phi) is 6.65. The predicted octanol–water partition coefficient (Wildman–Crippen LogP) is 2.77. The lowest BCUT2D eigenvalue weighted by molar-refractivity contribution is -0.136. The fraction of sp³-hybridized carbons (Fsp3) is 0.300. The third-order valence-corrected chi connectivity index (χ3v) is 4.07. The highest BCUT2D eigenvalue weighted by Crippen LogP contribution is 2.35. The van der Waals surface area contributed by atoms with E-state index in [9.17, 15) is 9.59 Å². The van der Waals surface area contributed by atoms with Crippen molar-refractivity contribution >= 4 is 11.8 Å². The lowest BCUT2D eigenvalue weighted by Gasteiger charge is -2.16. The van der Waals surface area contributed by atoms with Crippen LogP contribution < -0.4 is 18.9 Å². The first kappa shape index (κ1) is 20.1. The number of Topliss-reactive ketones (excluding diaryl/α,β-unsaturated/α-hetero) is 1. The molecule has 0 aliphatic rings. The molecule has 0 spiro atoms. The number of methoxy groups -OCH3 is 4. The molecule has 0 heterocycles. The van der Waals surface area contributed by atoms with Crippen LogP contribution in [0, 0.1) is 0 Å². The lowest BCUT2D eigenvalue weighted by Crippen LogP contribution is -2.13. The van der Waals surface area contributed by atoms with Crippen molar-refractivity contribution in [2.24, 2.45) is 0 Å². The lowest BCUT2D eigenvalue weighted by atomic mass is 9.95. The quantitative estimate of drug-likeness (QED) is 0.675. The highest BCUT2D eigenvalue weighted by atomic mass is 16.5. The Labute approximate surface area is 157 Å². The largest absolute Gasteiger partial charge is 0.493 e. The van der Waals surface area contributed by atoms with Crippen LogP contribution in [-0.2, 0) is 17.6 Å². The molecule has 0 bridgehead atoms. The second-order valence-electron chi connectivity index (χ2n) is 5.69. The number of carbonyl (C=O) groups is 2. The average molecular weight is 374 g/mol. The van der Waals surface area contributed by atoms with Gasteiger partial charge in [-0.3, -0.25) is 9.59 Å². The van der Waals surface area contributed by atoms with Crippen molar-refractivity contribution in [2.75, 3.05) is 28.4 Å². The van der Waals surface area contributed by atoms with E-state index in [4.69, 9.17) is 24.1 Å². The maximum Gasteiger partial charge on any atom is 0.307 e. The van der Waals surface area contributed by atoms with E-state index < -0.39 is 5.97 Å². The van der Waals surface area contributed by atoms with E-state index in [1.165, 1.54) is 28.4 Å². The number of ketones is 1. The predicted molar refractivity (Wildman–Crippen MR) is 98.5 cm³/mol. The Hall–Kier alpha value is -3.22. The molecule has 0 fully saturated rings. The molecule has 0 aliphatic heterocycles. The van der Waals surface area contributed by atoms with Crippen LogP contribution in [0.1, 0.15) is 21.5 Å². The number of carboxylic acid groups (broad SMARTS) is 1. The first-order chi connectivity index (χ1) is 12.9.